The van der Waals surface area contributed by atoms with Gasteiger partial charge >= 0.3 is 0 Å². The number of hydrogen-bond donors (Lipinski definition) is 0. The van der Waals surface area contributed by atoms with E-state index in [0.717, 1.165) is 33.3 Å². The molecule has 2 rings (SSSR count). The van der Waals surface area contributed by atoms with Crippen LogP contribution in [0.1, 0.15) is 39.5 Å². The van der Waals surface area contributed by atoms with Crippen molar-refractivity contribution in [2.75, 3.05) is 0 Å². The lowest BCUT2D eigenvalue weighted by Crippen LogP contribution is -2.40. The Hall–Kier alpha value is 0.960. The minimum atomic E-state index is 0.785. The van der Waals surface area contributed by atoms with Crippen LogP contribution in [0.5, 0.6) is 0 Å². The molecule has 2 aliphatic carbocycles. The van der Waals surface area contributed by atoms with Crippen molar-refractivity contribution in [2.45, 2.75) is 49.2 Å². The largest absolute Gasteiger partial charge is 0.0890 e. The highest BCUT2D eigenvalue weighted by Crippen LogP contribution is 2.49. The Labute approximate surface area is 104 Å². The third-order valence-electron chi connectivity index (χ3n) is 4.32. The Morgan fingerprint density at radius 1 is 0.714 bits per heavy atom. The number of fused-ring (bicyclic) bond motifs is 1. The zero-order valence-corrected chi connectivity index (χ0v) is 12.2. The van der Waals surface area contributed by atoms with Gasteiger partial charge in [0, 0.05) is 9.65 Å². The molecule has 82 valence electrons. The average molecular weight is 324 g/mol. The Morgan fingerprint density at radius 2 is 1.07 bits per heavy atom. The van der Waals surface area contributed by atoms with Crippen molar-refractivity contribution in [3.8, 4) is 0 Å². The van der Waals surface area contributed by atoms with E-state index in [4.69, 9.17) is 0 Å². The highest BCUT2D eigenvalue weighted by molar-refractivity contribution is 9.09. The molecule has 0 nitrogen and oxygen atoms in total. The zero-order chi connectivity index (χ0) is 10.3. The van der Waals surface area contributed by atoms with Gasteiger partial charge in [0.15, 0.2) is 0 Å². The summed E-state index contributed by atoms with van der Waals surface area (Å²) >= 11 is 7.64. The maximum Gasteiger partial charge on any atom is 0.0151 e. The van der Waals surface area contributed by atoms with Crippen molar-refractivity contribution in [1.29, 1.82) is 0 Å². The van der Waals surface area contributed by atoms with Crippen molar-refractivity contribution in [1.82, 2.24) is 0 Å². The van der Waals surface area contributed by atoms with Crippen molar-refractivity contribution >= 4 is 31.9 Å². The summed E-state index contributed by atoms with van der Waals surface area (Å²) in [6.07, 6.45) is 5.59. The lowest BCUT2D eigenvalue weighted by atomic mass is 9.62. The van der Waals surface area contributed by atoms with Crippen LogP contribution in [0.15, 0.2) is 0 Å². The van der Waals surface area contributed by atoms with Gasteiger partial charge in [-0.25, -0.2) is 0 Å². The van der Waals surface area contributed by atoms with Gasteiger partial charge in [-0.2, -0.15) is 0 Å². The van der Waals surface area contributed by atoms with Gasteiger partial charge in [-0.1, -0.05) is 45.7 Å². The van der Waals surface area contributed by atoms with Crippen molar-refractivity contribution in [3.63, 3.8) is 0 Å². The summed E-state index contributed by atoms with van der Waals surface area (Å²) in [7, 11) is 0. The Morgan fingerprint density at radius 3 is 1.43 bits per heavy atom. The number of rotatable bonds is 0. The van der Waals surface area contributed by atoms with Gasteiger partial charge in [0.05, 0.1) is 0 Å². The van der Waals surface area contributed by atoms with Crippen molar-refractivity contribution < 1.29 is 0 Å². The molecule has 6 unspecified atom stereocenters. The van der Waals surface area contributed by atoms with Gasteiger partial charge in [0.2, 0.25) is 0 Å². The Balaban J connectivity index is 2.10. The Bertz CT molecular complexity index is 182. The molecule has 2 fully saturated rings. The maximum absolute atomic E-state index is 3.82. The molecule has 0 spiro atoms. The van der Waals surface area contributed by atoms with Crippen LogP contribution in [0, 0.1) is 23.7 Å². The molecule has 6 atom stereocenters. The quantitative estimate of drug-likeness (QED) is 0.571. The molecule has 14 heavy (non-hydrogen) atoms. The van der Waals surface area contributed by atoms with E-state index in [1.807, 2.05) is 0 Å². The summed E-state index contributed by atoms with van der Waals surface area (Å²) in [4.78, 5) is 1.57. The van der Waals surface area contributed by atoms with Gasteiger partial charge < -0.3 is 0 Å². The molecule has 0 amide bonds. The van der Waals surface area contributed by atoms with Crippen LogP contribution in [-0.2, 0) is 0 Å². The monoisotopic (exact) mass is 322 g/mol. The van der Waals surface area contributed by atoms with E-state index in [2.05, 4.69) is 45.7 Å². The lowest BCUT2D eigenvalue weighted by molar-refractivity contribution is 0.0791. The molecule has 2 heteroatoms. The molecular weight excluding hydrogens is 304 g/mol. The Kier molecular flexibility index (Phi) is 3.64. The fourth-order valence-electron chi connectivity index (χ4n) is 3.60. The lowest BCUT2D eigenvalue weighted by Gasteiger charge is -2.47. The maximum atomic E-state index is 3.82. The molecule has 0 aliphatic heterocycles. The van der Waals surface area contributed by atoms with Crippen LogP contribution in [0.4, 0.5) is 0 Å². The van der Waals surface area contributed by atoms with Gasteiger partial charge in [-0.3, -0.25) is 0 Å². The van der Waals surface area contributed by atoms with Crippen molar-refractivity contribution in [2.24, 2.45) is 23.7 Å². The highest BCUT2D eigenvalue weighted by Gasteiger charge is 2.41. The summed E-state index contributed by atoms with van der Waals surface area (Å²) < 4.78 is 0. The summed E-state index contributed by atoms with van der Waals surface area (Å²) in [5, 5.41) is 0. The van der Waals surface area contributed by atoms with E-state index in [0.29, 0.717) is 0 Å². The zero-order valence-electron chi connectivity index (χ0n) is 9.05. The summed E-state index contributed by atoms with van der Waals surface area (Å²) in [6, 6.07) is 0. The van der Waals surface area contributed by atoms with Crippen LogP contribution >= 0.6 is 31.9 Å². The minimum absolute atomic E-state index is 0.785. The molecule has 0 aromatic carbocycles. The second-order valence-electron chi connectivity index (χ2n) is 5.42. The summed E-state index contributed by atoms with van der Waals surface area (Å²) in [5.74, 6) is 3.80. The highest BCUT2D eigenvalue weighted by atomic mass is 79.9. The van der Waals surface area contributed by atoms with Crippen LogP contribution in [-0.4, -0.2) is 9.65 Å². The molecule has 0 heterocycles. The van der Waals surface area contributed by atoms with Crippen LogP contribution in [0.2, 0.25) is 0 Å². The van der Waals surface area contributed by atoms with Gasteiger partial charge in [-0.05, 0) is 49.4 Å². The molecule has 0 aromatic rings. The van der Waals surface area contributed by atoms with Gasteiger partial charge in [-0.15, -0.1) is 0 Å². The summed E-state index contributed by atoms with van der Waals surface area (Å²) in [6.45, 7) is 4.89. The third-order valence-corrected chi connectivity index (χ3v) is 5.82. The van der Waals surface area contributed by atoms with E-state index in [1.54, 1.807) is 0 Å². The van der Waals surface area contributed by atoms with Gasteiger partial charge in [0.1, 0.15) is 0 Å². The fourth-order valence-corrected chi connectivity index (χ4v) is 5.64. The van der Waals surface area contributed by atoms with Crippen LogP contribution in [0.3, 0.4) is 0 Å². The predicted molar refractivity (Wildman–Crippen MR) is 69.2 cm³/mol. The van der Waals surface area contributed by atoms with E-state index >= 15 is 0 Å². The first-order valence-corrected chi connectivity index (χ1v) is 7.69. The van der Waals surface area contributed by atoms with Crippen LogP contribution < -0.4 is 0 Å². The topological polar surface area (TPSA) is 0 Å². The molecule has 0 N–H and O–H groups in total. The molecule has 0 bridgehead atoms. The van der Waals surface area contributed by atoms with E-state index in [9.17, 15) is 0 Å². The molecule has 2 saturated carbocycles. The van der Waals surface area contributed by atoms with E-state index in [-0.39, 0.29) is 0 Å². The van der Waals surface area contributed by atoms with Crippen LogP contribution in [0.25, 0.3) is 0 Å². The van der Waals surface area contributed by atoms with Crippen molar-refractivity contribution in [3.05, 3.63) is 0 Å². The number of alkyl halides is 2. The number of halogens is 2. The average Bonchev–Trinajstić information content (AvgIpc) is 2.07. The third kappa shape index (κ3) is 2.21. The molecular formula is C12H20Br2. The minimum Gasteiger partial charge on any atom is -0.0890 e. The molecule has 2 aliphatic rings. The first-order chi connectivity index (χ1) is 6.58. The molecule has 0 saturated heterocycles. The standard InChI is InChI=1S/C12H20Br2/c1-7-3-9(13)6-12-8(2)4-10(14)5-11(7)12/h7-12H,3-6H2,1-2H3. The number of hydrogen-bond acceptors (Lipinski definition) is 0. The SMILES string of the molecule is CC1CC(Br)CC2C(C)CC(Br)CC12. The van der Waals surface area contributed by atoms with Gasteiger partial charge in [0.25, 0.3) is 0 Å². The molecule has 0 aromatic heterocycles. The second kappa shape index (κ2) is 4.45. The predicted octanol–water partition coefficient (Wildman–Crippen LogP) is 4.61. The molecule has 0 radical (unpaired) electrons. The van der Waals surface area contributed by atoms with E-state index < -0.39 is 0 Å². The second-order valence-corrected chi connectivity index (χ2v) is 8.01. The summed E-state index contributed by atoms with van der Waals surface area (Å²) in [5.41, 5.74) is 0. The first-order valence-electron chi connectivity index (χ1n) is 5.86. The fraction of sp³-hybridized carbons (Fsp3) is 1.00. The normalized spacial score (nSPS) is 54.0. The van der Waals surface area contributed by atoms with E-state index in [1.165, 1.54) is 25.7 Å². The first kappa shape index (κ1) is 11.4. The smallest absolute Gasteiger partial charge is 0.0151 e.